The minimum atomic E-state index is -3.68. The molecule has 9 heteroatoms. The van der Waals surface area contributed by atoms with E-state index in [0.29, 0.717) is 23.9 Å². The quantitative estimate of drug-likeness (QED) is 0.710. The molecule has 0 aliphatic heterocycles. The van der Waals surface area contributed by atoms with E-state index in [-0.39, 0.29) is 21.2 Å². The van der Waals surface area contributed by atoms with Crippen LogP contribution in [0.4, 0.5) is 5.69 Å². The molecule has 27 heavy (non-hydrogen) atoms. The number of rotatable bonds is 7. The number of hydrogen-bond acceptors (Lipinski definition) is 4. The molecular weight excluding hydrogens is 411 g/mol. The SMILES string of the molecule is CCN(CC)S(=O)(=O)c1ccc(Cl)c(NC(=O)c2cc(Cl)ccc2OC)c1. The van der Waals surface area contributed by atoms with E-state index in [9.17, 15) is 13.2 Å². The predicted molar refractivity (Wildman–Crippen MR) is 108 cm³/mol. The average molecular weight is 431 g/mol. The Morgan fingerprint density at radius 2 is 1.78 bits per heavy atom. The van der Waals surface area contributed by atoms with E-state index in [2.05, 4.69) is 5.32 Å². The molecule has 0 saturated carbocycles. The van der Waals surface area contributed by atoms with Crippen molar-refractivity contribution in [1.82, 2.24) is 4.31 Å². The van der Waals surface area contributed by atoms with Gasteiger partial charge in [-0.15, -0.1) is 0 Å². The highest BCUT2D eigenvalue weighted by Crippen LogP contribution is 2.29. The molecule has 0 heterocycles. The summed E-state index contributed by atoms with van der Waals surface area (Å²) in [6, 6.07) is 8.81. The molecule has 0 spiro atoms. The monoisotopic (exact) mass is 430 g/mol. The number of hydrogen-bond donors (Lipinski definition) is 1. The summed E-state index contributed by atoms with van der Waals surface area (Å²) in [5, 5.41) is 3.20. The van der Waals surface area contributed by atoms with E-state index in [1.165, 1.54) is 35.7 Å². The first-order chi connectivity index (χ1) is 12.7. The summed E-state index contributed by atoms with van der Waals surface area (Å²) in [6.07, 6.45) is 0. The molecule has 0 radical (unpaired) electrons. The smallest absolute Gasteiger partial charge is 0.259 e. The zero-order valence-corrected chi connectivity index (χ0v) is 17.5. The van der Waals surface area contributed by atoms with Gasteiger partial charge in [-0.05, 0) is 36.4 Å². The van der Waals surface area contributed by atoms with E-state index in [1.807, 2.05) is 0 Å². The molecule has 146 valence electrons. The van der Waals surface area contributed by atoms with E-state index in [4.69, 9.17) is 27.9 Å². The molecule has 0 aliphatic rings. The van der Waals surface area contributed by atoms with Crippen LogP contribution in [-0.4, -0.2) is 38.8 Å². The first kappa shape index (κ1) is 21.5. The van der Waals surface area contributed by atoms with Gasteiger partial charge in [0.1, 0.15) is 5.75 Å². The van der Waals surface area contributed by atoms with E-state index in [0.717, 1.165) is 0 Å². The van der Waals surface area contributed by atoms with Crippen molar-refractivity contribution in [1.29, 1.82) is 0 Å². The molecule has 0 aliphatic carbocycles. The van der Waals surface area contributed by atoms with Crippen molar-refractivity contribution in [2.24, 2.45) is 0 Å². The van der Waals surface area contributed by atoms with Gasteiger partial charge >= 0.3 is 0 Å². The Labute approximate surface area is 169 Å². The van der Waals surface area contributed by atoms with Gasteiger partial charge in [0.15, 0.2) is 0 Å². The zero-order chi connectivity index (χ0) is 20.2. The van der Waals surface area contributed by atoms with Crippen LogP contribution >= 0.6 is 23.2 Å². The first-order valence-electron chi connectivity index (χ1n) is 8.19. The lowest BCUT2D eigenvalue weighted by Gasteiger charge is -2.19. The number of anilines is 1. The van der Waals surface area contributed by atoms with Gasteiger partial charge in [-0.2, -0.15) is 4.31 Å². The number of methoxy groups -OCH3 is 1. The third-order valence-electron chi connectivity index (χ3n) is 3.94. The fraction of sp³-hybridized carbons (Fsp3) is 0.278. The molecule has 0 aromatic heterocycles. The van der Waals surface area contributed by atoms with Gasteiger partial charge in [-0.3, -0.25) is 4.79 Å². The Morgan fingerprint density at radius 1 is 1.11 bits per heavy atom. The van der Waals surface area contributed by atoms with Gasteiger partial charge in [-0.25, -0.2) is 8.42 Å². The van der Waals surface area contributed by atoms with Crippen molar-refractivity contribution in [3.63, 3.8) is 0 Å². The van der Waals surface area contributed by atoms with Crippen LogP contribution in [0.2, 0.25) is 10.0 Å². The summed E-state index contributed by atoms with van der Waals surface area (Å²) < 4.78 is 31.9. The second-order valence-electron chi connectivity index (χ2n) is 5.53. The maximum atomic E-state index is 12.7. The van der Waals surface area contributed by atoms with Crippen molar-refractivity contribution in [2.75, 3.05) is 25.5 Å². The summed E-state index contributed by atoms with van der Waals surface area (Å²) in [5.41, 5.74) is 0.384. The Hall–Kier alpha value is -1.80. The molecule has 0 unspecified atom stereocenters. The number of halogens is 2. The molecule has 0 fully saturated rings. The number of carbonyl (C=O) groups excluding carboxylic acids is 1. The maximum Gasteiger partial charge on any atom is 0.259 e. The lowest BCUT2D eigenvalue weighted by atomic mass is 10.2. The van der Waals surface area contributed by atoms with E-state index in [1.54, 1.807) is 26.0 Å². The molecule has 0 atom stereocenters. The molecule has 2 aromatic rings. The van der Waals surface area contributed by atoms with Crippen LogP contribution in [0, 0.1) is 0 Å². The van der Waals surface area contributed by atoms with Crippen LogP contribution in [0.25, 0.3) is 0 Å². The van der Waals surface area contributed by atoms with Crippen LogP contribution in [-0.2, 0) is 10.0 Å². The summed E-state index contributed by atoms with van der Waals surface area (Å²) in [6.45, 7) is 4.18. The Kier molecular flexibility index (Phi) is 7.11. The lowest BCUT2D eigenvalue weighted by Crippen LogP contribution is -2.30. The number of sulfonamides is 1. The summed E-state index contributed by atoms with van der Waals surface area (Å²) in [7, 11) is -2.25. The van der Waals surface area contributed by atoms with Gasteiger partial charge in [0.2, 0.25) is 10.0 Å². The first-order valence-corrected chi connectivity index (χ1v) is 10.4. The standard InChI is InChI=1S/C18H20Cl2N2O4S/c1-4-22(5-2)27(24,25)13-7-8-15(20)16(11-13)21-18(23)14-10-12(19)6-9-17(14)26-3/h6-11H,4-5H2,1-3H3,(H,21,23). The van der Waals surface area contributed by atoms with Gasteiger partial charge < -0.3 is 10.1 Å². The Morgan fingerprint density at radius 3 is 2.37 bits per heavy atom. The summed E-state index contributed by atoms with van der Waals surface area (Å²) in [4.78, 5) is 12.7. The minimum Gasteiger partial charge on any atom is -0.496 e. The largest absolute Gasteiger partial charge is 0.496 e. The molecule has 2 rings (SSSR count). The van der Waals surface area contributed by atoms with Crippen LogP contribution in [0.3, 0.4) is 0 Å². The number of amides is 1. The fourth-order valence-electron chi connectivity index (χ4n) is 2.52. The number of ether oxygens (including phenoxy) is 1. The summed E-state index contributed by atoms with van der Waals surface area (Å²) >= 11 is 12.1. The predicted octanol–water partition coefficient (Wildman–Crippen LogP) is 4.28. The third kappa shape index (κ3) is 4.73. The number of benzene rings is 2. The van der Waals surface area contributed by atoms with Crippen molar-refractivity contribution in [3.8, 4) is 5.75 Å². The van der Waals surface area contributed by atoms with E-state index >= 15 is 0 Å². The van der Waals surface area contributed by atoms with Crippen molar-refractivity contribution in [3.05, 3.63) is 52.0 Å². The highest BCUT2D eigenvalue weighted by Gasteiger charge is 2.23. The van der Waals surface area contributed by atoms with Crippen LogP contribution in [0.1, 0.15) is 24.2 Å². The molecule has 0 saturated heterocycles. The third-order valence-corrected chi connectivity index (χ3v) is 6.55. The van der Waals surface area contributed by atoms with Gasteiger partial charge in [0.25, 0.3) is 5.91 Å². The molecule has 0 bridgehead atoms. The maximum absolute atomic E-state index is 12.7. The topological polar surface area (TPSA) is 75.7 Å². The van der Waals surface area contributed by atoms with Crippen molar-refractivity contribution in [2.45, 2.75) is 18.7 Å². The molecule has 2 aromatic carbocycles. The van der Waals surface area contributed by atoms with Crippen molar-refractivity contribution < 1.29 is 17.9 Å². The van der Waals surface area contributed by atoms with Crippen LogP contribution in [0.5, 0.6) is 5.75 Å². The summed E-state index contributed by atoms with van der Waals surface area (Å²) in [5.74, 6) is -0.187. The highest BCUT2D eigenvalue weighted by atomic mass is 35.5. The normalized spacial score (nSPS) is 11.5. The lowest BCUT2D eigenvalue weighted by molar-refractivity contribution is 0.102. The Bertz CT molecular complexity index is 944. The van der Waals surface area contributed by atoms with E-state index < -0.39 is 15.9 Å². The van der Waals surface area contributed by atoms with Gasteiger partial charge in [0, 0.05) is 18.1 Å². The molecule has 6 nitrogen and oxygen atoms in total. The van der Waals surface area contributed by atoms with Gasteiger partial charge in [0.05, 0.1) is 28.3 Å². The second kappa shape index (κ2) is 8.93. The van der Waals surface area contributed by atoms with Crippen molar-refractivity contribution >= 4 is 44.8 Å². The average Bonchev–Trinajstić information content (AvgIpc) is 2.64. The van der Waals surface area contributed by atoms with Gasteiger partial charge in [-0.1, -0.05) is 37.0 Å². The van der Waals surface area contributed by atoms with Crippen LogP contribution < -0.4 is 10.1 Å². The zero-order valence-electron chi connectivity index (χ0n) is 15.1. The number of carbonyl (C=O) groups is 1. The highest BCUT2D eigenvalue weighted by molar-refractivity contribution is 7.89. The molecule has 1 amide bonds. The fourth-order valence-corrected chi connectivity index (χ4v) is 4.34. The minimum absolute atomic E-state index is 0.0453. The second-order valence-corrected chi connectivity index (χ2v) is 8.31. The molecule has 1 N–H and O–H groups in total. The Balaban J connectivity index is 2.40. The number of nitrogens with zero attached hydrogens (tertiary/aromatic N) is 1. The molecular formula is C18H20Cl2N2O4S. The number of nitrogens with one attached hydrogen (secondary N) is 1. The van der Waals surface area contributed by atoms with Crippen LogP contribution in [0.15, 0.2) is 41.3 Å².